The number of nitrogen functional groups attached to an aromatic ring is 1. The smallest absolute Gasteiger partial charge is 0.183 e. The number of hydrogen-bond acceptors (Lipinski definition) is 4. The predicted molar refractivity (Wildman–Crippen MR) is 82.0 cm³/mol. The highest BCUT2D eigenvalue weighted by Gasteiger charge is 2.27. The Kier molecular flexibility index (Phi) is 3.74. The molecule has 0 bridgehead atoms. The van der Waals surface area contributed by atoms with E-state index in [1.165, 1.54) is 19.3 Å². The van der Waals surface area contributed by atoms with Crippen molar-refractivity contribution in [3.8, 4) is 11.4 Å². The summed E-state index contributed by atoms with van der Waals surface area (Å²) in [6, 6.07) is 6.17. The van der Waals surface area contributed by atoms with Gasteiger partial charge >= 0.3 is 0 Å². The first-order valence-corrected chi connectivity index (χ1v) is 7.80. The molecule has 3 rings (SSSR count). The van der Waals surface area contributed by atoms with E-state index in [1.807, 2.05) is 22.9 Å². The summed E-state index contributed by atoms with van der Waals surface area (Å²) in [7, 11) is 0. The van der Waals surface area contributed by atoms with Gasteiger partial charge in [0.25, 0.3) is 0 Å². The highest BCUT2D eigenvalue weighted by molar-refractivity contribution is 9.10. The molecule has 106 valence electrons. The molecule has 1 heterocycles. The number of anilines is 1. The monoisotopic (exact) mass is 335 g/mol. The summed E-state index contributed by atoms with van der Waals surface area (Å²) in [5.41, 5.74) is 7.61. The van der Waals surface area contributed by atoms with E-state index in [4.69, 9.17) is 5.73 Å². The van der Waals surface area contributed by atoms with Gasteiger partial charge < -0.3 is 5.73 Å². The van der Waals surface area contributed by atoms with Crippen molar-refractivity contribution in [2.75, 3.05) is 5.73 Å². The first-order valence-electron chi connectivity index (χ1n) is 7.00. The Bertz CT molecular complexity index is 609. The Morgan fingerprint density at radius 1 is 1.30 bits per heavy atom. The number of nitrogens with zero attached hydrogens (tertiary/aromatic N) is 4. The lowest BCUT2D eigenvalue weighted by atomic mass is 9.86. The molecular weight excluding hydrogens is 318 g/mol. The van der Waals surface area contributed by atoms with Crippen molar-refractivity contribution in [2.24, 2.45) is 5.92 Å². The third-order valence-corrected chi connectivity index (χ3v) is 5.03. The van der Waals surface area contributed by atoms with Crippen LogP contribution in [0.3, 0.4) is 0 Å². The average molecular weight is 336 g/mol. The Labute approximate surface area is 126 Å². The molecular formula is C14H18BrN5. The van der Waals surface area contributed by atoms with Crippen molar-refractivity contribution in [2.45, 2.75) is 38.6 Å². The van der Waals surface area contributed by atoms with Crippen LogP contribution in [0, 0.1) is 5.92 Å². The van der Waals surface area contributed by atoms with Gasteiger partial charge in [-0.1, -0.05) is 25.8 Å². The zero-order chi connectivity index (χ0) is 14.1. The number of aromatic nitrogens is 4. The van der Waals surface area contributed by atoms with Crippen molar-refractivity contribution in [3.05, 3.63) is 22.7 Å². The van der Waals surface area contributed by atoms with E-state index in [0.717, 1.165) is 22.3 Å². The molecule has 1 aliphatic rings. The molecule has 0 spiro atoms. The van der Waals surface area contributed by atoms with Crippen molar-refractivity contribution in [1.29, 1.82) is 0 Å². The lowest BCUT2D eigenvalue weighted by Crippen LogP contribution is -2.23. The number of hydrogen-bond donors (Lipinski definition) is 1. The van der Waals surface area contributed by atoms with E-state index < -0.39 is 0 Å². The fraction of sp³-hybridized carbons (Fsp3) is 0.500. The lowest BCUT2D eigenvalue weighted by molar-refractivity contribution is 0.239. The maximum atomic E-state index is 5.96. The average Bonchev–Trinajstić information content (AvgIpc) is 2.91. The third kappa shape index (κ3) is 2.32. The minimum atomic E-state index is 0.377. The molecule has 1 fully saturated rings. The number of halogens is 1. The van der Waals surface area contributed by atoms with Gasteiger partial charge in [-0.25, -0.2) is 4.68 Å². The summed E-state index contributed by atoms with van der Waals surface area (Å²) in [5.74, 6) is 1.40. The van der Waals surface area contributed by atoms with Crippen LogP contribution in [-0.4, -0.2) is 20.2 Å². The zero-order valence-corrected chi connectivity index (χ0v) is 13.0. The van der Waals surface area contributed by atoms with Crippen LogP contribution < -0.4 is 5.73 Å². The van der Waals surface area contributed by atoms with Crippen LogP contribution in [0.25, 0.3) is 11.4 Å². The molecule has 2 N–H and O–H groups in total. The SMILES string of the molecule is CC1CCCCC1n1nnnc1-c1cccc(N)c1Br. The quantitative estimate of drug-likeness (QED) is 0.853. The van der Waals surface area contributed by atoms with Crippen LogP contribution in [0.15, 0.2) is 22.7 Å². The topological polar surface area (TPSA) is 69.6 Å². The summed E-state index contributed by atoms with van der Waals surface area (Å²) in [5, 5.41) is 12.3. The molecule has 2 unspecified atom stereocenters. The first-order chi connectivity index (χ1) is 9.68. The molecule has 0 radical (unpaired) electrons. The maximum Gasteiger partial charge on any atom is 0.183 e. The van der Waals surface area contributed by atoms with Gasteiger partial charge in [-0.2, -0.15) is 0 Å². The molecule has 2 aromatic rings. The van der Waals surface area contributed by atoms with Crippen LogP contribution in [0.5, 0.6) is 0 Å². The molecule has 0 aliphatic heterocycles. The molecule has 1 aliphatic carbocycles. The molecule has 0 saturated heterocycles. The largest absolute Gasteiger partial charge is 0.398 e. The number of rotatable bonds is 2. The van der Waals surface area contributed by atoms with Gasteiger partial charge in [0.05, 0.1) is 10.5 Å². The first kappa shape index (κ1) is 13.5. The van der Waals surface area contributed by atoms with Crippen LogP contribution >= 0.6 is 15.9 Å². The normalized spacial score (nSPS) is 22.9. The molecule has 6 heteroatoms. The van der Waals surface area contributed by atoms with Crippen molar-refractivity contribution >= 4 is 21.6 Å². The second-order valence-corrected chi connectivity index (χ2v) is 6.28. The summed E-state index contributed by atoms with van der Waals surface area (Å²) in [4.78, 5) is 0. The molecule has 1 saturated carbocycles. The van der Waals surface area contributed by atoms with Crippen molar-refractivity contribution in [3.63, 3.8) is 0 Å². The van der Waals surface area contributed by atoms with Crippen LogP contribution in [-0.2, 0) is 0 Å². The summed E-state index contributed by atoms with van der Waals surface area (Å²) in [6.07, 6.45) is 4.92. The van der Waals surface area contributed by atoms with Gasteiger partial charge in [-0.3, -0.25) is 0 Å². The molecule has 0 amide bonds. The maximum absolute atomic E-state index is 5.96. The summed E-state index contributed by atoms with van der Waals surface area (Å²) in [6.45, 7) is 2.28. The minimum Gasteiger partial charge on any atom is -0.398 e. The molecule has 2 atom stereocenters. The second kappa shape index (κ2) is 5.52. The van der Waals surface area contributed by atoms with Gasteiger partial charge in [0.1, 0.15) is 0 Å². The summed E-state index contributed by atoms with van der Waals surface area (Å²) >= 11 is 3.54. The van der Waals surface area contributed by atoms with Crippen LogP contribution in [0.1, 0.15) is 38.6 Å². The second-order valence-electron chi connectivity index (χ2n) is 5.48. The zero-order valence-electron chi connectivity index (χ0n) is 11.5. The Hall–Kier alpha value is -1.43. The fourth-order valence-corrected chi connectivity index (χ4v) is 3.42. The standard InChI is InChI=1S/C14H18BrN5/c1-9-5-2-3-8-12(9)20-14(17-18-19-20)10-6-4-7-11(16)13(10)15/h4,6-7,9,12H,2-3,5,8,16H2,1H3. The van der Waals surface area contributed by atoms with E-state index in [-0.39, 0.29) is 0 Å². The van der Waals surface area contributed by atoms with E-state index >= 15 is 0 Å². The Morgan fingerprint density at radius 3 is 2.90 bits per heavy atom. The van der Waals surface area contributed by atoms with E-state index in [2.05, 4.69) is 38.4 Å². The number of nitrogens with two attached hydrogens (primary N) is 1. The van der Waals surface area contributed by atoms with Crippen molar-refractivity contribution in [1.82, 2.24) is 20.2 Å². The number of tetrazole rings is 1. The number of benzene rings is 1. The summed E-state index contributed by atoms with van der Waals surface area (Å²) < 4.78 is 2.84. The molecule has 5 nitrogen and oxygen atoms in total. The van der Waals surface area contributed by atoms with Gasteiger partial charge in [-0.15, -0.1) is 5.10 Å². The van der Waals surface area contributed by atoms with Crippen LogP contribution in [0.4, 0.5) is 5.69 Å². The van der Waals surface area contributed by atoms with Gasteiger partial charge in [0.2, 0.25) is 0 Å². The molecule has 1 aromatic carbocycles. The van der Waals surface area contributed by atoms with Crippen LogP contribution in [0.2, 0.25) is 0 Å². The van der Waals surface area contributed by atoms with Crippen molar-refractivity contribution < 1.29 is 0 Å². The Morgan fingerprint density at radius 2 is 2.10 bits per heavy atom. The lowest BCUT2D eigenvalue weighted by Gasteiger charge is -2.29. The van der Waals surface area contributed by atoms with E-state index in [0.29, 0.717) is 17.6 Å². The van der Waals surface area contributed by atoms with E-state index in [9.17, 15) is 0 Å². The van der Waals surface area contributed by atoms with Gasteiger partial charge in [0.15, 0.2) is 5.82 Å². The fourth-order valence-electron chi connectivity index (χ4n) is 2.98. The molecule has 1 aromatic heterocycles. The Balaban J connectivity index is 2.03. The molecule has 20 heavy (non-hydrogen) atoms. The predicted octanol–water partition coefficient (Wildman–Crippen LogP) is 3.44. The van der Waals surface area contributed by atoms with Gasteiger partial charge in [0, 0.05) is 11.3 Å². The van der Waals surface area contributed by atoms with E-state index in [1.54, 1.807) is 0 Å². The third-order valence-electron chi connectivity index (χ3n) is 4.14. The minimum absolute atomic E-state index is 0.377. The van der Waals surface area contributed by atoms with Gasteiger partial charge in [-0.05, 0) is 57.2 Å². The highest BCUT2D eigenvalue weighted by Crippen LogP contribution is 2.37. The highest BCUT2D eigenvalue weighted by atomic mass is 79.9.